The minimum atomic E-state index is -0.642. The smallest absolute Gasteiger partial charge is 0.407 e. The van der Waals surface area contributed by atoms with Gasteiger partial charge < -0.3 is 15.4 Å². The average molecular weight is 348 g/mol. The molecule has 1 aliphatic rings. The Morgan fingerprint density at radius 2 is 1.88 bits per heavy atom. The molecule has 0 radical (unpaired) electrons. The number of benzene rings is 2. The molecule has 0 spiro atoms. The number of carbonyl (C=O) groups excluding carboxylic acids is 3. The number of rotatable bonds is 4. The predicted octanol–water partition coefficient (Wildman–Crippen LogP) is 2.49. The van der Waals surface area contributed by atoms with Crippen molar-refractivity contribution in [2.75, 3.05) is 11.9 Å². The number of hydrogen-bond donors (Lipinski definition) is 2. The van der Waals surface area contributed by atoms with Crippen LogP contribution in [0.15, 0.2) is 48.5 Å². The van der Waals surface area contributed by atoms with Crippen molar-refractivity contribution in [2.45, 2.75) is 13.0 Å². The lowest BCUT2D eigenvalue weighted by Crippen LogP contribution is -2.24. The second kappa shape index (κ2) is 7.99. The van der Waals surface area contributed by atoms with Gasteiger partial charge in [0.05, 0.1) is 11.3 Å². The monoisotopic (exact) mass is 348 g/mol. The summed E-state index contributed by atoms with van der Waals surface area (Å²) >= 11 is 0. The van der Waals surface area contributed by atoms with Gasteiger partial charge in [-0.2, -0.15) is 0 Å². The Labute approximate surface area is 150 Å². The van der Waals surface area contributed by atoms with Crippen molar-refractivity contribution in [3.05, 3.63) is 65.2 Å². The van der Waals surface area contributed by atoms with Crippen LogP contribution in [-0.4, -0.2) is 24.3 Å². The van der Waals surface area contributed by atoms with Crippen molar-refractivity contribution in [2.24, 2.45) is 0 Å². The van der Waals surface area contributed by atoms with E-state index in [9.17, 15) is 14.4 Å². The zero-order chi connectivity index (χ0) is 18.4. The number of ketones is 1. The quantitative estimate of drug-likeness (QED) is 0.505. The molecule has 2 aromatic carbocycles. The van der Waals surface area contributed by atoms with Crippen molar-refractivity contribution < 1.29 is 19.1 Å². The number of alkyl carbamates (subject to hydrolysis) is 1. The molecule has 6 nitrogen and oxygen atoms in total. The van der Waals surface area contributed by atoms with Crippen LogP contribution in [0.1, 0.15) is 27.9 Å². The molecule has 3 rings (SSSR count). The van der Waals surface area contributed by atoms with Gasteiger partial charge in [0.1, 0.15) is 6.61 Å². The van der Waals surface area contributed by atoms with Gasteiger partial charge in [-0.05, 0) is 17.7 Å². The van der Waals surface area contributed by atoms with Crippen LogP contribution in [0.5, 0.6) is 0 Å². The Morgan fingerprint density at radius 1 is 1.08 bits per heavy atom. The van der Waals surface area contributed by atoms with E-state index in [1.54, 1.807) is 18.2 Å². The number of ether oxygens (including phenoxy) is 1. The highest BCUT2D eigenvalue weighted by molar-refractivity contribution is 6.51. The minimum absolute atomic E-state index is 0.211. The molecule has 0 aliphatic carbocycles. The van der Waals surface area contributed by atoms with Crippen LogP contribution in [-0.2, 0) is 16.1 Å². The van der Waals surface area contributed by atoms with Crippen LogP contribution in [0.3, 0.4) is 0 Å². The van der Waals surface area contributed by atoms with Gasteiger partial charge in [0.15, 0.2) is 0 Å². The zero-order valence-electron chi connectivity index (χ0n) is 13.9. The van der Waals surface area contributed by atoms with Crippen LogP contribution in [0.25, 0.3) is 0 Å². The third-order valence-corrected chi connectivity index (χ3v) is 3.71. The predicted molar refractivity (Wildman–Crippen MR) is 95.5 cm³/mol. The number of para-hydroxylation sites is 1. The lowest BCUT2D eigenvalue weighted by atomic mass is 10.1. The molecule has 130 valence electrons. The highest BCUT2D eigenvalue weighted by atomic mass is 16.5. The summed E-state index contributed by atoms with van der Waals surface area (Å²) in [7, 11) is 0. The Hall–Kier alpha value is -3.59. The molecule has 0 saturated carbocycles. The highest BCUT2D eigenvalue weighted by Crippen LogP contribution is 2.26. The Morgan fingerprint density at radius 3 is 2.69 bits per heavy atom. The van der Waals surface area contributed by atoms with Gasteiger partial charge in [0.2, 0.25) is 0 Å². The van der Waals surface area contributed by atoms with Crippen molar-refractivity contribution in [3.63, 3.8) is 0 Å². The lowest BCUT2D eigenvalue weighted by Gasteiger charge is -2.05. The standard InChI is InChI=1S/C20H16N2O4/c23-18-16-11-6-10-15(17(16)22-19(18)24)9-4-5-12-21-20(25)26-13-14-7-2-1-3-8-14/h1-3,6-8,10-11H,5,12-13H2,(H,21,25)(H,22,23,24). The van der Waals surface area contributed by atoms with Crippen LogP contribution in [0, 0.1) is 11.8 Å². The zero-order valence-corrected chi connectivity index (χ0v) is 13.9. The molecule has 0 unspecified atom stereocenters. The maximum absolute atomic E-state index is 11.6. The number of nitrogens with one attached hydrogen (secondary N) is 2. The number of anilines is 1. The highest BCUT2D eigenvalue weighted by Gasteiger charge is 2.29. The van der Waals surface area contributed by atoms with Crippen LogP contribution < -0.4 is 10.6 Å². The van der Waals surface area contributed by atoms with Gasteiger partial charge in [-0.15, -0.1) is 0 Å². The lowest BCUT2D eigenvalue weighted by molar-refractivity contribution is -0.112. The first-order valence-electron chi connectivity index (χ1n) is 8.07. The first-order valence-corrected chi connectivity index (χ1v) is 8.07. The summed E-state index contributed by atoms with van der Waals surface area (Å²) in [6, 6.07) is 14.4. The van der Waals surface area contributed by atoms with E-state index in [2.05, 4.69) is 22.5 Å². The fourth-order valence-electron chi connectivity index (χ4n) is 2.43. The number of Topliss-reactive ketones (excluding diaryl/α,β-unsaturated/α-hetero) is 1. The molecule has 2 N–H and O–H groups in total. The van der Waals surface area contributed by atoms with Crippen molar-refractivity contribution in [1.82, 2.24) is 5.32 Å². The summed E-state index contributed by atoms with van der Waals surface area (Å²) in [6.07, 6.45) is -0.0967. The molecule has 0 saturated heterocycles. The van der Waals surface area contributed by atoms with Crippen LogP contribution in [0.2, 0.25) is 0 Å². The normalized spacial score (nSPS) is 11.8. The van der Waals surface area contributed by atoms with E-state index >= 15 is 0 Å². The van der Waals surface area contributed by atoms with Gasteiger partial charge in [-0.1, -0.05) is 48.2 Å². The summed E-state index contributed by atoms with van der Waals surface area (Å²) < 4.78 is 5.09. The molecular weight excluding hydrogens is 332 g/mol. The van der Waals surface area contributed by atoms with Gasteiger partial charge >= 0.3 is 6.09 Å². The van der Waals surface area contributed by atoms with Gasteiger partial charge in [0, 0.05) is 18.5 Å². The van der Waals surface area contributed by atoms with Crippen LogP contribution >= 0.6 is 0 Å². The molecule has 0 aromatic heterocycles. The minimum Gasteiger partial charge on any atom is -0.445 e. The largest absolute Gasteiger partial charge is 0.445 e. The number of amides is 2. The van der Waals surface area contributed by atoms with Gasteiger partial charge in [-0.25, -0.2) is 4.79 Å². The third kappa shape index (κ3) is 4.08. The maximum atomic E-state index is 11.6. The van der Waals surface area contributed by atoms with E-state index in [0.29, 0.717) is 29.8 Å². The second-order valence-electron chi connectivity index (χ2n) is 5.55. The van der Waals surface area contributed by atoms with E-state index in [4.69, 9.17) is 4.74 Å². The second-order valence-corrected chi connectivity index (χ2v) is 5.55. The first kappa shape index (κ1) is 17.2. The summed E-state index contributed by atoms with van der Waals surface area (Å²) in [5.41, 5.74) is 2.28. The Balaban J connectivity index is 1.46. The van der Waals surface area contributed by atoms with Gasteiger partial charge in [0.25, 0.3) is 11.7 Å². The molecule has 2 aromatic rings. The summed E-state index contributed by atoms with van der Waals surface area (Å²) in [5, 5.41) is 5.14. The topological polar surface area (TPSA) is 84.5 Å². The maximum Gasteiger partial charge on any atom is 0.407 e. The van der Waals surface area contributed by atoms with Crippen molar-refractivity contribution in [3.8, 4) is 11.8 Å². The van der Waals surface area contributed by atoms with E-state index in [1.165, 1.54) is 0 Å². The van der Waals surface area contributed by atoms with E-state index in [-0.39, 0.29) is 6.61 Å². The molecule has 1 heterocycles. The van der Waals surface area contributed by atoms with E-state index in [1.807, 2.05) is 30.3 Å². The summed E-state index contributed by atoms with van der Waals surface area (Å²) in [5.74, 6) is 4.62. The summed E-state index contributed by atoms with van der Waals surface area (Å²) in [4.78, 5) is 34.7. The fourth-order valence-corrected chi connectivity index (χ4v) is 2.43. The molecule has 0 fully saturated rings. The molecule has 1 aliphatic heterocycles. The molecular formula is C20H16N2O4. The molecule has 0 atom stereocenters. The first-order chi connectivity index (χ1) is 12.6. The average Bonchev–Trinajstić information content (AvgIpc) is 2.96. The van der Waals surface area contributed by atoms with E-state index in [0.717, 1.165) is 5.56 Å². The fraction of sp³-hybridized carbons (Fsp3) is 0.150. The Kier molecular flexibility index (Phi) is 5.30. The molecule has 2 amide bonds. The third-order valence-electron chi connectivity index (χ3n) is 3.71. The van der Waals surface area contributed by atoms with Gasteiger partial charge in [-0.3, -0.25) is 9.59 Å². The van der Waals surface area contributed by atoms with Crippen molar-refractivity contribution >= 4 is 23.5 Å². The Bertz CT molecular complexity index is 910. The molecule has 26 heavy (non-hydrogen) atoms. The molecule has 6 heteroatoms. The van der Waals surface area contributed by atoms with Crippen molar-refractivity contribution in [1.29, 1.82) is 0 Å². The van der Waals surface area contributed by atoms with E-state index < -0.39 is 17.8 Å². The number of hydrogen-bond acceptors (Lipinski definition) is 4. The molecule has 0 bridgehead atoms. The SMILES string of the molecule is O=C(NCCC#Cc1cccc2c1NC(=O)C2=O)OCc1ccccc1. The number of fused-ring (bicyclic) bond motifs is 1. The summed E-state index contributed by atoms with van der Waals surface area (Å²) in [6.45, 7) is 0.545. The van der Waals surface area contributed by atoms with Crippen LogP contribution in [0.4, 0.5) is 10.5 Å². The number of carbonyl (C=O) groups is 3.